The normalized spacial score (nSPS) is 10.5. The number of anilines is 1. The standard InChI is InChI=1S/C20H21N3O2S/c1-25-17-10-8-16(9-11-17)23-19(21-20(24)12-13-26-2)14-18(22-23)15-6-4-3-5-7-15/h3-11,14H,12-13H2,1-2H3,(H,21,24). The van der Waals surface area contributed by atoms with Crippen LogP contribution >= 0.6 is 11.8 Å². The summed E-state index contributed by atoms with van der Waals surface area (Å²) in [5, 5.41) is 7.67. The Kier molecular flexibility index (Phi) is 5.96. The molecule has 0 unspecified atom stereocenters. The zero-order chi connectivity index (χ0) is 18.4. The number of hydrogen-bond acceptors (Lipinski definition) is 4. The number of methoxy groups -OCH3 is 1. The Balaban J connectivity index is 1.96. The van der Waals surface area contributed by atoms with Crippen molar-refractivity contribution in [1.82, 2.24) is 9.78 Å². The molecule has 0 spiro atoms. The van der Waals surface area contributed by atoms with E-state index in [1.54, 1.807) is 23.6 Å². The van der Waals surface area contributed by atoms with Crippen molar-refractivity contribution in [3.8, 4) is 22.7 Å². The van der Waals surface area contributed by atoms with Gasteiger partial charge in [0.1, 0.15) is 11.6 Å². The quantitative estimate of drug-likeness (QED) is 0.679. The SMILES string of the molecule is COc1ccc(-n2nc(-c3ccccc3)cc2NC(=O)CCSC)cc1. The second-order valence-electron chi connectivity index (χ2n) is 5.68. The number of nitrogens with zero attached hydrogens (tertiary/aromatic N) is 2. The first kappa shape index (κ1) is 18.1. The first-order valence-electron chi connectivity index (χ1n) is 8.30. The van der Waals surface area contributed by atoms with Crippen molar-refractivity contribution in [2.24, 2.45) is 0 Å². The van der Waals surface area contributed by atoms with Crippen LogP contribution in [0.4, 0.5) is 5.82 Å². The Morgan fingerprint density at radius 2 is 1.88 bits per heavy atom. The van der Waals surface area contributed by atoms with Crippen molar-refractivity contribution >= 4 is 23.5 Å². The molecule has 1 amide bonds. The molecule has 26 heavy (non-hydrogen) atoms. The van der Waals surface area contributed by atoms with Crippen LogP contribution < -0.4 is 10.1 Å². The summed E-state index contributed by atoms with van der Waals surface area (Å²) in [6, 6.07) is 19.4. The predicted octanol–water partition coefficient (Wildman–Crippen LogP) is 4.24. The molecule has 0 atom stereocenters. The zero-order valence-electron chi connectivity index (χ0n) is 14.8. The van der Waals surface area contributed by atoms with Crippen molar-refractivity contribution in [3.63, 3.8) is 0 Å². The molecule has 5 nitrogen and oxygen atoms in total. The highest BCUT2D eigenvalue weighted by Gasteiger charge is 2.13. The second kappa shape index (κ2) is 8.58. The summed E-state index contributed by atoms with van der Waals surface area (Å²) in [4.78, 5) is 12.2. The highest BCUT2D eigenvalue weighted by atomic mass is 32.2. The van der Waals surface area contributed by atoms with Gasteiger partial charge in [-0.2, -0.15) is 16.9 Å². The van der Waals surface area contributed by atoms with Crippen LogP contribution in [0.15, 0.2) is 60.7 Å². The number of thioether (sulfide) groups is 1. The second-order valence-corrected chi connectivity index (χ2v) is 6.67. The number of benzene rings is 2. The van der Waals surface area contributed by atoms with E-state index in [-0.39, 0.29) is 5.91 Å². The molecule has 0 fully saturated rings. The van der Waals surface area contributed by atoms with Gasteiger partial charge in [0.25, 0.3) is 0 Å². The average molecular weight is 367 g/mol. The molecule has 0 aliphatic carbocycles. The van der Waals surface area contributed by atoms with E-state index in [0.717, 1.165) is 28.4 Å². The summed E-state index contributed by atoms with van der Waals surface area (Å²) in [5.41, 5.74) is 2.66. The van der Waals surface area contributed by atoms with Crippen LogP contribution in [-0.2, 0) is 4.79 Å². The number of ether oxygens (including phenoxy) is 1. The highest BCUT2D eigenvalue weighted by molar-refractivity contribution is 7.98. The zero-order valence-corrected chi connectivity index (χ0v) is 15.6. The van der Waals surface area contributed by atoms with Crippen LogP contribution in [-0.4, -0.2) is 34.8 Å². The van der Waals surface area contributed by atoms with Gasteiger partial charge >= 0.3 is 0 Å². The van der Waals surface area contributed by atoms with Gasteiger partial charge in [0.2, 0.25) is 5.91 Å². The smallest absolute Gasteiger partial charge is 0.226 e. The molecule has 0 saturated heterocycles. The van der Waals surface area contributed by atoms with Crippen LogP contribution in [0, 0.1) is 0 Å². The van der Waals surface area contributed by atoms with Crippen molar-refractivity contribution < 1.29 is 9.53 Å². The lowest BCUT2D eigenvalue weighted by molar-refractivity contribution is -0.115. The minimum atomic E-state index is -0.0198. The molecule has 0 saturated carbocycles. The summed E-state index contributed by atoms with van der Waals surface area (Å²) in [6.45, 7) is 0. The maximum absolute atomic E-state index is 12.2. The monoisotopic (exact) mass is 367 g/mol. The van der Waals surface area contributed by atoms with Crippen molar-refractivity contribution in [2.75, 3.05) is 24.4 Å². The van der Waals surface area contributed by atoms with E-state index in [2.05, 4.69) is 5.32 Å². The first-order valence-corrected chi connectivity index (χ1v) is 9.69. The number of aromatic nitrogens is 2. The Hall–Kier alpha value is -2.73. The maximum Gasteiger partial charge on any atom is 0.226 e. The fraction of sp³-hybridized carbons (Fsp3) is 0.200. The largest absolute Gasteiger partial charge is 0.497 e. The van der Waals surface area contributed by atoms with Crippen molar-refractivity contribution in [3.05, 3.63) is 60.7 Å². The van der Waals surface area contributed by atoms with Crippen LogP contribution in [0.1, 0.15) is 6.42 Å². The molecule has 0 aliphatic rings. The highest BCUT2D eigenvalue weighted by Crippen LogP contribution is 2.25. The number of carbonyl (C=O) groups excluding carboxylic acids is 1. The molecule has 3 rings (SSSR count). The van der Waals surface area contributed by atoms with Gasteiger partial charge in [-0.3, -0.25) is 4.79 Å². The molecule has 0 aliphatic heterocycles. The summed E-state index contributed by atoms with van der Waals surface area (Å²) in [5.74, 6) is 2.19. The van der Waals surface area contributed by atoms with E-state index in [1.165, 1.54) is 0 Å². The van der Waals surface area contributed by atoms with Crippen molar-refractivity contribution in [2.45, 2.75) is 6.42 Å². The van der Waals surface area contributed by atoms with Gasteiger partial charge in [-0.25, -0.2) is 4.68 Å². The molecule has 1 heterocycles. The van der Waals surface area contributed by atoms with Gasteiger partial charge < -0.3 is 10.1 Å². The summed E-state index contributed by atoms with van der Waals surface area (Å²) < 4.78 is 6.97. The molecule has 6 heteroatoms. The van der Waals surface area contributed by atoms with E-state index in [0.29, 0.717) is 12.2 Å². The molecular weight excluding hydrogens is 346 g/mol. The van der Waals surface area contributed by atoms with Crippen LogP contribution in [0.3, 0.4) is 0 Å². The summed E-state index contributed by atoms with van der Waals surface area (Å²) in [6.07, 6.45) is 2.46. The van der Waals surface area contributed by atoms with Crippen molar-refractivity contribution in [1.29, 1.82) is 0 Å². The minimum Gasteiger partial charge on any atom is -0.497 e. The fourth-order valence-corrected chi connectivity index (χ4v) is 2.93. The molecule has 1 aromatic heterocycles. The minimum absolute atomic E-state index is 0.0198. The third kappa shape index (κ3) is 4.26. The third-order valence-electron chi connectivity index (χ3n) is 3.90. The number of nitrogens with one attached hydrogen (secondary N) is 1. The molecule has 1 N–H and O–H groups in total. The Morgan fingerprint density at radius 3 is 2.54 bits per heavy atom. The molecule has 134 valence electrons. The molecule has 3 aromatic rings. The number of carbonyl (C=O) groups is 1. The predicted molar refractivity (Wildman–Crippen MR) is 107 cm³/mol. The Morgan fingerprint density at radius 1 is 1.15 bits per heavy atom. The lowest BCUT2D eigenvalue weighted by Gasteiger charge is -2.09. The summed E-state index contributed by atoms with van der Waals surface area (Å²) in [7, 11) is 1.63. The summed E-state index contributed by atoms with van der Waals surface area (Å²) >= 11 is 1.65. The van der Waals surface area contributed by atoms with E-state index in [4.69, 9.17) is 9.84 Å². The molecule has 0 bridgehead atoms. The number of rotatable bonds is 7. The Bertz CT molecular complexity index is 861. The lowest BCUT2D eigenvalue weighted by Crippen LogP contribution is -2.15. The van der Waals surface area contributed by atoms with Gasteiger partial charge in [-0.05, 0) is 30.5 Å². The van der Waals surface area contributed by atoms with Crippen LogP contribution in [0.2, 0.25) is 0 Å². The third-order valence-corrected chi connectivity index (χ3v) is 4.51. The van der Waals surface area contributed by atoms with Gasteiger partial charge in [0.05, 0.1) is 18.5 Å². The number of amides is 1. The van der Waals surface area contributed by atoms with E-state index < -0.39 is 0 Å². The topological polar surface area (TPSA) is 56.1 Å². The number of hydrogen-bond donors (Lipinski definition) is 1. The van der Waals surface area contributed by atoms with Gasteiger partial charge in [0.15, 0.2) is 0 Å². The van der Waals surface area contributed by atoms with Crippen LogP contribution in [0.25, 0.3) is 16.9 Å². The van der Waals surface area contributed by atoms with Gasteiger partial charge in [-0.15, -0.1) is 0 Å². The average Bonchev–Trinajstić information content (AvgIpc) is 3.11. The van der Waals surface area contributed by atoms with Crippen LogP contribution in [0.5, 0.6) is 5.75 Å². The lowest BCUT2D eigenvalue weighted by atomic mass is 10.1. The fourth-order valence-electron chi connectivity index (χ4n) is 2.54. The van der Waals surface area contributed by atoms with E-state index in [9.17, 15) is 4.79 Å². The first-order chi connectivity index (χ1) is 12.7. The van der Waals surface area contributed by atoms with Gasteiger partial charge in [-0.1, -0.05) is 30.3 Å². The van der Waals surface area contributed by atoms with Gasteiger partial charge in [0, 0.05) is 23.8 Å². The molecule has 0 radical (unpaired) electrons. The maximum atomic E-state index is 12.2. The molecule has 2 aromatic carbocycles. The molecular formula is C20H21N3O2S. The van der Waals surface area contributed by atoms with E-state index in [1.807, 2.05) is 66.9 Å². The Labute approximate surface area is 157 Å². The van der Waals surface area contributed by atoms with E-state index >= 15 is 0 Å².